The quantitative estimate of drug-likeness (QED) is 0.474. The van der Waals surface area contributed by atoms with Gasteiger partial charge in [0.1, 0.15) is 0 Å². The molecule has 2 aromatic carbocycles. The Morgan fingerprint density at radius 1 is 0.857 bits per heavy atom. The van der Waals surface area contributed by atoms with Gasteiger partial charge in [0.05, 0.1) is 5.52 Å². The lowest BCUT2D eigenvalue weighted by Crippen LogP contribution is -2.04. The molecule has 0 atom stereocenters. The lowest BCUT2D eigenvalue weighted by atomic mass is 10.1. The van der Waals surface area contributed by atoms with Gasteiger partial charge in [0, 0.05) is 28.5 Å². The number of nitrogens with two attached hydrogens (primary N) is 3. The van der Waals surface area contributed by atoms with Gasteiger partial charge in [-0.25, -0.2) is 0 Å². The van der Waals surface area contributed by atoms with Gasteiger partial charge < -0.3 is 22.2 Å². The molecule has 5 nitrogen and oxygen atoms in total. The van der Waals surface area contributed by atoms with Crippen LogP contribution in [0, 0.1) is 6.92 Å². The van der Waals surface area contributed by atoms with Crippen LogP contribution in [-0.2, 0) is 0 Å². The number of pyridine rings is 1. The van der Waals surface area contributed by atoms with Crippen molar-refractivity contribution < 1.29 is 0 Å². The zero-order chi connectivity index (χ0) is 15.4. The number of rotatable bonds is 0. The second-order valence-electron chi connectivity index (χ2n) is 4.79. The van der Waals surface area contributed by atoms with Crippen LogP contribution in [0.3, 0.4) is 0 Å². The van der Waals surface area contributed by atoms with Crippen LogP contribution in [0.25, 0.3) is 10.9 Å². The standard InChI is InChI=1S/C10H10N2O.C6H8N2/c1-6-4-10(13)12-9-5-7(11)2-3-8(6)9;7-5-2-1-3-6(8)4-5/h2-5H,11H2,1H3,(H,12,13);1-4H,7-8H2. The number of aromatic nitrogens is 1. The topological polar surface area (TPSA) is 111 Å². The molecule has 3 rings (SSSR count). The van der Waals surface area contributed by atoms with Crippen molar-refractivity contribution >= 4 is 28.0 Å². The van der Waals surface area contributed by atoms with Crippen LogP contribution in [-0.4, -0.2) is 4.98 Å². The summed E-state index contributed by atoms with van der Waals surface area (Å²) in [6.07, 6.45) is 0. The first-order valence-corrected chi connectivity index (χ1v) is 6.46. The smallest absolute Gasteiger partial charge is 0.248 e. The van der Waals surface area contributed by atoms with Gasteiger partial charge in [-0.3, -0.25) is 4.79 Å². The Balaban J connectivity index is 0.000000173. The Morgan fingerprint density at radius 2 is 1.48 bits per heavy atom. The van der Waals surface area contributed by atoms with Gasteiger partial charge in [-0.1, -0.05) is 12.1 Å². The van der Waals surface area contributed by atoms with Crippen LogP contribution < -0.4 is 22.8 Å². The summed E-state index contributed by atoms with van der Waals surface area (Å²) < 4.78 is 0. The number of nitrogens with one attached hydrogen (secondary N) is 1. The minimum Gasteiger partial charge on any atom is -0.399 e. The molecule has 0 aliphatic carbocycles. The van der Waals surface area contributed by atoms with Crippen LogP contribution in [0.15, 0.2) is 53.3 Å². The molecule has 0 aliphatic rings. The average Bonchev–Trinajstić information content (AvgIpc) is 2.38. The third-order valence-electron chi connectivity index (χ3n) is 2.98. The monoisotopic (exact) mass is 282 g/mol. The number of aromatic amines is 1. The van der Waals surface area contributed by atoms with Crippen LogP contribution in [0.2, 0.25) is 0 Å². The average molecular weight is 282 g/mol. The highest BCUT2D eigenvalue weighted by atomic mass is 16.1. The van der Waals surface area contributed by atoms with E-state index in [0.717, 1.165) is 16.5 Å². The van der Waals surface area contributed by atoms with E-state index in [1.54, 1.807) is 30.3 Å². The first-order valence-electron chi connectivity index (χ1n) is 6.46. The Hall–Kier alpha value is -2.95. The van der Waals surface area contributed by atoms with Crippen LogP contribution in [0.1, 0.15) is 5.56 Å². The van der Waals surface area contributed by atoms with Gasteiger partial charge in [0.25, 0.3) is 0 Å². The second-order valence-corrected chi connectivity index (χ2v) is 4.79. The Kier molecular flexibility index (Phi) is 4.13. The molecule has 0 radical (unpaired) electrons. The first kappa shape index (κ1) is 14.5. The number of hydrogen-bond acceptors (Lipinski definition) is 4. The normalized spacial score (nSPS) is 9.95. The van der Waals surface area contributed by atoms with Crippen molar-refractivity contribution in [2.45, 2.75) is 6.92 Å². The van der Waals surface area contributed by atoms with E-state index >= 15 is 0 Å². The van der Waals surface area contributed by atoms with E-state index in [9.17, 15) is 4.79 Å². The Labute approximate surface area is 122 Å². The predicted octanol–water partition coefficient (Wildman–Crippen LogP) is 2.27. The summed E-state index contributed by atoms with van der Waals surface area (Å²) in [7, 11) is 0. The van der Waals surface area contributed by atoms with Crippen molar-refractivity contribution in [3.05, 3.63) is 64.4 Å². The molecule has 0 fully saturated rings. The molecule has 0 amide bonds. The molecule has 0 bridgehead atoms. The molecule has 0 unspecified atom stereocenters. The highest BCUT2D eigenvalue weighted by molar-refractivity contribution is 5.84. The largest absolute Gasteiger partial charge is 0.399 e. The molecule has 1 heterocycles. The van der Waals surface area contributed by atoms with Gasteiger partial charge in [-0.2, -0.15) is 0 Å². The molecule has 3 aromatic rings. The van der Waals surface area contributed by atoms with Gasteiger partial charge in [-0.05, 0) is 42.8 Å². The third-order valence-corrected chi connectivity index (χ3v) is 2.98. The zero-order valence-electron chi connectivity index (χ0n) is 11.8. The van der Waals surface area contributed by atoms with E-state index in [1.165, 1.54) is 0 Å². The SMILES string of the molecule is Cc1cc(=O)[nH]c2cc(N)ccc12.Nc1cccc(N)c1. The van der Waals surface area contributed by atoms with Crippen LogP contribution >= 0.6 is 0 Å². The number of H-pyrrole nitrogens is 1. The number of fused-ring (bicyclic) bond motifs is 1. The number of hydrogen-bond donors (Lipinski definition) is 4. The van der Waals surface area contributed by atoms with Gasteiger partial charge in [0.15, 0.2) is 0 Å². The minimum atomic E-state index is -0.0874. The third kappa shape index (κ3) is 3.76. The predicted molar refractivity (Wildman–Crippen MR) is 89.0 cm³/mol. The van der Waals surface area contributed by atoms with Crippen molar-refractivity contribution in [1.82, 2.24) is 4.98 Å². The van der Waals surface area contributed by atoms with Crippen molar-refractivity contribution in [2.75, 3.05) is 17.2 Å². The summed E-state index contributed by atoms with van der Waals surface area (Å²) in [6, 6.07) is 14.2. The fourth-order valence-electron chi connectivity index (χ4n) is 2.01. The Bertz CT molecular complexity index is 807. The van der Waals surface area contributed by atoms with E-state index in [-0.39, 0.29) is 5.56 Å². The zero-order valence-corrected chi connectivity index (χ0v) is 11.8. The molecule has 0 spiro atoms. The number of nitrogen functional groups attached to an aromatic ring is 3. The number of aryl methyl sites for hydroxylation is 1. The molecule has 0 saturated heterocycles. The molecule has 0 saturated carbocycles. The summed E-state index contributed by atoms with van der Waals surface area (Å²) in [6.45, 7) is 1.91. The minimum absolute atomic E-state index is 0.0874. The van der Waals surface area contributed by atoms with Crippen molar-refractivity contribution in [2.24, 2.45) is 0 Å². The Morgan fingerprint density at radius 3 is 2.05 bits per heavy atom. The molecule has 21 heavy (non-hydrogen) atoms. The molecule has 0 aliphatic heterocycles. The van der Waals surface area contributed by atoms with Gasteiger partial charge in [-0.15, -0.1) is 0 Å². The van der Waals surface area contributed by atoms with Crippen LogP contribution in [0.4, 0.5) is 17.1 Å². The molecule has 1 aromatic heterocycles. The maximum absolute atomic E-state index is 11.1. The summed E-state index contributed by atoms with van der Waals surface area (Å²) in [5, 5.41) is 1.04. The molecular formula is C16H18N4O. The van der Waals surface area contributed by atoms with Crippen LogP contribution in [0.5, 0.6) is 0 Å². The highest BCUT2D eigenvalue weighted by Crippen LogP contribution is 2.16. The summed E-state index contributed by atoms with van der Waals surface area (Å²) >= 11 is 0. The molecule has 108 valence electrons. The van der Waals surface area contributed by atoms with E-state index in [4.69, 9.17) is 17.2 Å². The molecular weight excluding hydrogens is 264 g/mol. The van der Waals surface area contributed by atoms with Crippen molar-refractivity contribution in [3.8, 4) is 0 Å². The van der Waals surface area contributed by atoms with Gasteiger partial charge in [0.2, 0.25) is 5.56 Å². The first-order chi connectivity index (χ1) is 9.95. The number of benzene rings is 2. The van der Waals surface area contributed by atoms with E-state index < -0.39 is 0 Å². The van der Waals surface area contributed by atoms with Crippen molar-refractivity contribution in [3.63, 3.8) is 0 Å². The van der Waals surface area contributed by atoms with Crippen molar-refractivity contribution in [1.29, 1.82) is 0 Å². The summed E-state index contributed by atoms with van der Waals surface area (Å²) in [5.41, 5.74) is 20.1. The van der Waals surface area contributed by atoms with E-state index in [1.807, 2.05) is 25.1 Å². The van der Waals surface area contributed by atoms with E-state index in [2.05, 4.69) is 4.98 Å². The molecule has 7 N–H and O–H groups in total. The highest BCUT2D eigenvalue weighted by Gasteiger charge is 1.98. The van der Waals surface area contributed by atoms with Gasteiger partial charge >= 0.3 is 0 Å². The number of anilines is 3. The fourth-order valence-corrected chi connectivity index (χ4v) is 2.01. The summed E-state index contributed by atoms with van der Waals surface area (Å²) in [4.78, 5) is 13.9. The molecule has 5 heteroatoms. The second kappa shape index (κ2) is 6.00. The lowest BCUT2D eigenvalue weighted by Gasteiger charge is -2.01. The van der Waals surface area contributed by atoms with E-state index in [0.29, 0.717) is 17.1 Å². The maximum atomic E-state index is 11.1. The fraction of sp³-hybridized carbons (Fsp3) is 0.0625. The lowest BCUT2D eigenvalue weighted by molar-refractivity contribution is 1.28. The summed E-state index contributed by atoms with van der Waals surface area (Å²) in [5.74, 6) is 0. The maximum Gasteiger partial charge on any atom is 0.248 e.